The highest BCUT2D eigenvalue weighted by atomic mass is 35.5. The molecule has 0 saturated carbocycles. The molecule has 0 radical (unpaired) electrons. The Hall–Kier alpha value is -3.03. The zero-order valence-corrected chi connectivity index (χ0v) is 20.3. The van der Waals surface area contributed by atoms with Crippen LogP contribution in [0.1, 0.15) is 35.2 Å². The SMILES string of the molecule is CNC1=NC(CCCOc2ccc(C[C@H](NC(=O)c3c(Cl)cccc3Cl)C(=O)O)cc2)CC=C1. The summed E-state index contributed by atoms with van der Waals surface area (Å²) in [7, 11) is 1.86. The first-order valence-corrected chi connectivity index (χ1v) is 11.7. The number of hydrogen-bond donors (Lipinski definition) is 3. The number of carbonyl (C=O) groups is 2. The molecule has 0 aliphatic carbocycles. The Balaban J connectivity index is 1.50. The van der Waals surface area contributed by atoms with E-state index in [1.54, 1.807) is 30.3 Å². The van der Waals surface area contributed by atoms with E-state index in [1.807, 2.05) is 13.1 Å². The van der Waals surface area contributed by atoms with Gasteiger partial charge >= 0.3 is 5.97 Å². The Labute approximate surface area is 208 Å². The van der Waals surface area contributed by atoms with Crippen molar-refractivity contribution >= 4 is 40.9 Å². The van der Waals surface area contributed by atoms with Crippen molar-refractivity contribution in [2.24, 2.45) is 4.99 Å². The van der Waals surface area contributed by atoms with E-state index in [0.717, 1.165) is 30.7 Å². The van der Waals surface area contributed by atoms with Crippen molar-refractivity contribution < 1.29 is 19.4 Å². The maximum atomic E-state index is 12.6. The average Bonchev–Trinajstić information content (AvgIpc) is 2.82. The van der Waals surface area contributed by atoms with Gasteiger partial charge in [0.25, 0.3) is 5.91 Å². The molecule has 3 N–H and O–H groups in total. The highest BCUT2D eigenvalue weighted by molar-refractivity contribution is 6.39. The molecule has 1 unspecified atom stereocenters. The molecule has 0 spiro atoms. The van der Waals surface area contributed by atoms with Crippen LogP contribution < -0.4 is 15.4 Å². The van der Waals surface area contributed by atoms with Crippen molar-refractivity contribution in [2.45, 2.75) is 37.8 Å². The number of carbonyl (C=O) groups excluding carboxylic acids is 1. The number of rotatable bonds is 10. The highest BCUT2D eigenvalue weighted by Crippen LogP contribution is 2.24. The van der Waals surface area contributed by atoms with E-state index in [1.165, 1.54) is 12.1 Å². The highest BCUT2D eigenvalue weighted by Gasteiger charge is 2.23. The zero-order valence-electron chi connectivity index (χ0n) is 18.8. The molecule has 2 atom stereocenters. The second-order valence-corrected chi connectivity index (χ2v) is 8.67. The van der Waals surface area contributed by atoms with Crippen LogP contribution >= 0.6 is 23.2 Å². The van der Waals surface area contributed by atoms with E-state index in [0.29, 0.717) is 12.4 Å². The normalized spacial score (nSPS) is 15.9. The van der Waals surface area contributed by atoms with Gasteiger partial charge in [0, 0.05) is 13.5 Å². The number of likely N-dealkylation sites (N-methyl/N-ethyl adjacent to an activating group) is 1. The van der Waals surface area contributed by atoms with Crippen LogP contribution in [-0.4, -0.2) is 48.6 Å². The lowest BCUT2D eigenvalue weighted by molar-refractivity contribution is -0.139. The summed E-state index contributed by atoms with van der Waals surface area (Å²) in [5.74, 6) is -0.190. The number of ether oxygens (including phenoxy) is 1. The molecule has 180 valence electrons. The molecule has 1 aliphatic rings. The van der Waals surface area contributed by atoms with Crippen molar-refractivity contribution in [3.05, 3.63) is 75.8 Å². The van der Waals surface area contributed by atoms with Crippen LogP contribution in [0.5, 0.6) is 5.75 Å². The van der Waals surface area contributed by atoms with Gasteiger partial charge < -0.3 is 20.5 Å². The number of amidine groups is 1. The molecule has 3 rings (SSSR count). The van der Waals surface area contributed by atoms with Gasteiger partial charge in [-0.3, -0.25) is 9.79 Å². The Morgan fingerprint density at radius 2 is 1.88 bits per heavy atom. The van der Waals surface area contributed by atoms with E-state index in [9.17, 15) is 14.7 Å². The smallest absolute Gasteiger partial charge is 0.326 e. The first-order chi connectivity index (χ1) is 16.4. The molecular formula is C25H27Cl2N3O4. The summed E-state index contributed by atoms with van der Waals surface area (Å²) in [6.07, 6.45) is 6.95. The largest absolute Gasteiger partial charge is 0.494 e. The van der Waals surface area contributed by atoms with Crippen molar-refractivity contribution in [1.29, 1.82) is 0 Å². The number of aliphatic carboxylic acids is 1. The maximum Gasteiger partial charge on any atom is 0.326 e. The Morgan fingerprint density at radius 1 is 1.18 bits per heavy atom. The van der Waals surface area contributed by atoms with Gasteiger partial charge in [0.15, 0.2) is 0 Å². The fraction of sp³-hybridized carbons (Fsp3) is 0.320. The molecule has 9 heteroatoms. The first-order valence-electron chi connectivity index (χ1n) is 11.0. The Kier molecular flexibility index (Phi) is 9.36. The van der Waals surface area contributed by atoms with E-state index >= 15 is 0 Å². The van der Waals surface area contributed by atoms with Crippen LogP contribution in [0.4, 0.5) is 0 Å². The van der Waals surface area contributed by atoms with Gasteiger partial charge in [-0.05, 0) is 55.2 Å². The number of amides is 1. The minimum absolute atomic E-state index is 0.0537. The number of carboxylic acid groups (broad SMARTS) is 1. The number of halogens is 2. The van der Waals surface area contributed by atoms with Crippen LogP contribution in [0, 0.1) is 0 Å². The van der Waals surface area contributed by atoms with Crippen LogP contribution in [0.25, 0.3) is 0 Å². The molecule has 34 heavy (non-hydrogen) atoms. The molecule has 0 fully saturated rings. The van der Waals surface area contributed by atoms with E-state index in [4.69, 9.17) is 27.9 Å². The maximum absolute atomic E-state index is 12.6. The number of nitrogens with zero attached hydrogens (tertiary/aromatic N) is 1. The average molecular weight is 504 g/mol. The van der Waals surface area contributed by atoms with Crippen molar-refractivity contribution in [2.75, 3.05) is 13.7 Å². The summed E-state index contributed by atoms with van der Waals surface area (Å²) >= 11 is 12.1. The Bertz CT molecular complexity index is 1050. The molecule has 0 aromatic heterocycles. The van der Waals surface area contributed by atoms with Gasteiger partial charge in [0.05, 0.1) is 28.3 Å². The number of dihydropyridines is 1. The third-order valence-corrected chi connectivity index (χ3v) is 6.00. The van der Waals surface area contributed by atoms with Gasteiger partial charge in [-0.1, -0.05) is 47.5 Å². The molecule has 1 heterocycles. The fourth-order valence-electron chi connectivity index (χ4n) is 3.57. The topological polar surface area (TPSA) is 100 Å². The third kappa shape index (κ3) is 7.23. The lowest BCUT2D eigenvalue weighted by atomic mass is 10.0. The summed E-state index contributed by atoms with van der Waals surface area (Å²) < 4.78 is 5.81. The summed E-state index contributed by atoms with van der Waals surface area (Å²) in [6, 6.07) is 10.9. The van der Waals surface area contributed by atoms with Gasteiger partial charge in [-0.15, -0.1) is 0 Å². The van der Waals surface area contributed by atoms with Crippen molar-refractivity contribution in [1.82, 2.24) is 10.6 Å². The fourth-order valence-corrected chi connectivity index (χ4v) is 4.14. The number of carboxylic acids is 1. The van der Waals surface area contributed by atoms with Crippen LogP contribution in [-0.2, 0) is 11.2 Å². The first kappa shape index (κ1) is 25.6. The summed E-state index contributed by atoms with van der Waals surface area (Å²) in [6.45, 7) is 0.566. The lowest BCUT2D eigenvalue weighted by Crippen LogP contribution is -2.42. The number of hydrogen-bond acceptors (Lipinski definition) is 5. The quantitative estimate of drug-likeness (QED) is 0.413. The Morgan fingerprint density at radius 3 is 2.53 bits per heavy atom. The third-order valence-electron chi connectivity index (χ3n) is 5.37. The van der Waals surface area contributed by atoms with Crippen LogP contribution in [0.15, 0.2) is 59.6 Å². The minimum Gasteiger partial charge on any atom is -0.494 e. The molecule has 7 nitrogen and oxygen atoms in total. The summed E-state index contributed by atoms with van der Waals surface area (Å²) in [5.41, 5.74) is 0.797. The van der Waals surface area contributed by atoms with Gasteiger partial charge in [-0.25, -0.2) is 4.79 Å². The zero-order chi connectivity index (χ0) is 24.5. The molecular weight excluding hydrogens is 477 g/mol. The number of benzene rings is 2. The second-order valence-electron chi connectivity index (χ2n) is 7.86. The van der Waals surface area contributed by atoms with Crippen molar-refractivity contribution in [3.8, 4) is 5.75 Å². The monoisotopic (exact) mass is 503 g/mol. The van der Waals surface area contributed by atoms with E-state index < -0.39 is 17.9 Å². The molecule has 2 aromatic carbocycles. The molecule has 1 aliphatic heterocycles. The van der Waals surface area contributed by atoms with Crippen LogP contribution in [0.2, 0.25) is 10.0 Å². The predicted molar refractivity (Wildman–Crippen MR) is 134 cm³/mol. The second kappa shape index (κ2) is 12.4. The molecule has 2 aromatic rings. The molecule has 0 saturated heterocycles. The summed E-state index contributed by atoms with van der Waals surface area (Å²) in [5, 5.41) is 15.5. The van der Waals surface area contributed by atoms with Crippen molar-refractivity contribution in [3.63, 3.8) is 0 Å². The molecule has 1 amide bonds. The standard InChI is InChI=1S/C25H27Cl2N3O4/c1-28-22-9-2-5-17(29-22)6-4-14-34-18-12-10-16(11-13-18)15-21(25(32)33)30-24(31)23-19(26)7-3-8-20(23)27/h2-3,7-13,17,21H,4-6,14-15H2,1H3,(H,28,29)(H,30,31)(H,32,33)/t17?,21-/m0/s1. The number of aliphatic imine (C=N–C) groups is 1. The predicted octanol–water partition coefficient (Wildman–Crippen LogP) is 4.52. The van der Waals surface area contributed by atoms with Gasteiger partial charge in [-0.2, -0.15) is 0 Å². The number of nitrogens with one attached hydrogen (secondary N) is 2. The molecule has 0 bridgehead atoms. The van der Waals surface area contributed by atoms with E-state index in [2.05, 4.69) is 21.7 Å². The van der Waals surface area contributed by atoms with E-state index in [-0.39, 0.29) is 28.1 Å². The minimum atomic E-state index is -1.15. The lowest BCUT2D eigenvalue weighted by Gasteiger charge is -2.17. The van der Waals surface area contributed by atoms with Crippen LogP contribution in [0.3, 0.4) is 0 Å². The summed E-state index contributed by atoms with van der Waals surface area (Å²) in [4.78, 5) is 28.9. The van der Waals surface area contributed by atoms with Gasteiger partial charge in [0.2, 0.25) is 0 Å². The van der Waals surface area contributed by atoms with Gasteiger partial charge in [0.1, 0.15) is 17.6 Å².